The number of benzene rings is 1. The molecule has 2 aromatic heterocycles. The molecule has 0 saturated heterocycles. The van der Waals surface area contributed by atoms with Gasteiger partial charge >= 0.3 is 0 Å². The number of halogens is 1. The Labute approximate surface area is 160 Å². The zero-order valence-electron chi connectivity index (χ0n) is 14.3. The summed E-state index contributed by atoms with van der Waals surface area (Å²) in [6, 6.07) is 8.97. The van der Waals surface area contributed by atoms with E-state index in [2.05, 4.69) is 10.8 Å². The SMILES string of the molecule is Fc1ccc(-c2csc(=NC3CCCCC3)n2N=Cc2ccsc2)cc1. The van der Waals surface area contributed by atoms with E-state index in [0.29, 0.717) is 6.04 Å². The normalized spacial score (nSPS) is 16.6. The first-order valence-electron chi connectivity index (χ1n) is 8.86. The van der Waals surface area contributed by atoms with Gasteiger partial charge in [0.1, 0.15) is 5.82 Å². The van der Waals surface area contributed by atoms with Crippen LogP contribution in [0.5, 0.6) is 0 Å². The number of thiophene rings is 1. The highest BCUT2D eigenvalue weighted by Crippen LogP contribution is 2.23. The lowest BCUT2D eigenvalue weighted by Crippen LogP contribution is -2.18. The molecule has 3 nitrogen and oxygen atoms in total. The van der Waals surface area contributed by atoms with Crippen LogP contribution >= 0.6 is 22.7 Å². The van der Waals surface area contributed by atoms with Crippen molar-refractivity contribution in [2.45, 2.75) is 38.1 Å². The van der Waals surface area contributed by atoms with E-state index in [1.807, 2.05) is 22.3 Å². The summed E-state index contributed by atoms with van der Waals surface area (Å²) in [6.07, 6.45) is 7.98. The molecule has 0 atom stereocenters. The van der Waals surface area contributed by atoms with Gasteiger partial charge in [-0.3, -0.25) is 4.99 Å². The summed E-state index contributed by atoms with van der Waals surface area (Å²) in [5, 5.41) is 10.8. The van der Waals surface area contributed by atoms with Crippen LogP contribution in [0.15, 0.2) is 56.6 Å². The van der Waals surface area contributed by atoms with E-state index in [9.17, 15) is 4.39 Å². The summed E-state index contributed by atoms with van der Waals surface area (Å²) in [7, 11) is 0. The Bertz CT molecular complexity index is 930. The maximum atomic E-state index is 13.3. The third-order valence-electron chi connectivity index (χ3n) is 4.56. The fraction of sp³-hybridized carbons (Fsp3) is 0.300. The van der Waals surface area contributed by atoms with Crippen LogP contribution in [0.1, 0.15) is 37.7 Å². The molecule has 0 bridgehead atoms. The van der Waals surface area contributed by atoms with E-state index < -0.39 is 0 Å². The molecule has 1 aliphatic rings. The molecule has 0 spiro atoms. The second-order valence-corrected chi connectivity index (χ2v) is 8.06. The number of hydrogen-bond acceptors (Lipinski definition) is 4. The average Bonchev–Trinajstić information content (AvgIpc) is 3.32. The van der Waals surface area contributed by atoms with E-state index in [0.717, 1.165) is 34.5 Å². The van der Waals surface area contributed by atoms with E-state index >= 15 is 0 Å². The van der Waals surface area contributed by atoms with Gasteiger partial charge < -0.3 is 0 Å². The van der Waals surface area contributed by atoms with Crippen molar-refractivity contribution >= 4 is 28.9 Å². The lowest BCUT2D eigenvalue weighted by Gasteiger charge is -2.16. The van der Waals surface area contributed by atoms with Crippen LogP contribution in [-0.2, 0) is 0 Å². The summed E-state index contributed by atoms with van der Waals surface area (Å²) >= 11 is 3.25. The first-order chi connectivity index (χ1) is 12.8. The molecule has 1 saturated carbocycles. The van der Waals surface area contributed by atoms with Gasteiger partial charge in [0.15, 0.2) is 0 Å². The number of thiazole rings is 1. The fourth-order valence-corrected chi connectivity index (χ4v) is 4.68. The van der Waals surface area contributed by atoms with Crippen molar-refractivity contribution in [2.24, 2.45) is 10.1 Å². The molecule has 26 heavy (non-hydrogen) atoms. The maximum absolute atomic E-state index is 13.3. The molecule has 6 heteroatoms. The fourth-order valence-electron chi connectivity index (χ4n) is 3.16. The second-order valence-electron chi connectivity index (χ2n) is 6.44. The van der Waals surface area contributed by atoms with Crippen molar-refractivity contribution in [1.29, 1.82) is 0 Å². The van der Waals surface area contributed by atoms with Gasteiger partial charge in [0.2, 0.25) is 4.80 Å². The zero-order valence-corrected chi connectivity index (χ0v) is 16.0. The standard InChI is InChI=1S/C20H20FN3S2/c21-17-8-6-16(7-9-17)19-14-26-20(23-18-4-2-1-3-5-18)24(19)22-12-15-10-11-25-13-15/h6-14,18H,1-5H2. The number of rotatable bonds is 4. The highest BCUT2D eigenvalue weighted by Gasteiger charge is 2.14. The van der Waals surface area contributed by atoms with Crippen LogP contribution in [0, 0.1) is 5.82 Å². The van der Waals surface area contributed by atoms with Crippen LogP contribution in [0.25, 0.3) is 11.3 Å². The summed E-state index contributed by atoms with van der Waals surface area (Å²) in [4.78, 5) is 5.88. The molecular formula is C20H20FN3S2. The Morgan fingerprint density at radius 3 is 2.58 bits per heavy atom. The molecule has 0 N–H and O–H groups in total. The third-order valence-corrected chi connectivity index (χ3v) is 6.09. The topological polar surface area (TPSA) is 29.6 Å². The predicted molar refractivity (Wildman–Crippen MR) is 107 cm³/mol. The van der Waals surface area contributed by atoms with Crippen LogP contribution in [0.3, 0.4) is 0 Å². The van der Waals surface area contributed by atoms with Crippen molar-refractivity contribution < 1.29 is 4.39 Å². The summed E-state index contributed by atoms with van der Waals surface area (Å²) in [6.45, 7) is 0. The third kappa shape index (κ3) is 4.02. The van der Waals surface area contributed by atoms with Crippen molar-refractivity contribution in [1.82, 2.24) is 4.68 Å². The van der Waals surface area contributed by atoms with Gasteiger partial charge in [-0.2, -0.15) is 16.4 Å². The van der Waals surface area contributed by atoms with E-state index in [-0.39, 0.29) is 5.82 Å². The molecule has 1 fully saturated rings. The van der Waals surface area contributed by atoms with E-state index in [4.69, 9.17) is 10.1 Å². The molecule has 4 rings (SSSR count). The maximum Gasteiger partial charge on any atom is 0.206 e. The number of hydrogen-bond donors (Lipinski definition) is 0. The molecular weight excluding hydrogens is 365 g/mol. The van der Waals surface area contributed by atoms with Crippen LogP contribution in [0.2, 0.25) is 0 Å². The smallest absolute Gasteiger partial charge is 0.206 e. The van der Waals surface area contributed by atoms with Gasteiger partial charge in [0, 0.05) is 16.5 Å². The lowest BCUT2D eigenvalue weighted by atomic mass is 9.96. The highest BCUT2D eigenvalue weighted by molar-refractivity contribution is 7.08. The Hall–Kier alpha value is -2.05. The molecule has 3 aromatic rings. The molecule has 0 unspecified atom stereocenters. The Balaban J connectivity index is 1.76. The van der Waals surface area contributed by atoms with Crippen LogP contribution in [0.4, 0.5) is 4.39 Å². The van der Waals surface area contributed by atoms with Crippen molar-refractivity contribution in [2.75, 3.05) is 0 Å². The minimum atomic E-state index is -0.232. The van der Waals surface area contributed by atoms with Gasteiger partial charge in [-0.1, -0.05) is 19.3 Å². The van der Waals surface area contributed by atoms with Crippen molar-refractivity contribution in [3.05, 3.63) is 62.7 Å². The van der Waals surface area contributed by atoms with Crippen molar-refractivity contribution in [3.8, 4) is 11.3 Å². The molecule has 2 heterocycles. The van der Waals surface area contributed by atoms with Gasteiger partial charge in [-0.05, 0) is 53.9 Å². The Morgan fingerprint density at radius 1 is 1.04 bits per heavy atom. The van der Waals surface area contributed by atoms with Gasteiger partial charge in [-0.15, -0.1) is 11.3 Å². The summed E-state index contributed by atoms with van der Waals surface area (Å²) in [5.74, 6) is -0.232. The molecule has 0 amide bonds. The van der Waals surface area contributed by atoms with Gasteiger partial charge in [0.25, 0.3) is 0 Å². The molecule has 1 aliphatic carbocycles. The van der Waals surface area contributed by atoms with Crippen molar-refractivity contribution in [3.63, 3.8) is 0 Å². The molecule has 1 aromatic carbocycles. The Kier molecular flexibility index (Phi) is 5.41. The van der Waals surface area contributed by atoms with Gasteiger partial charge in [-0.25, -0.2) is 9.07 Å². The minimum absolute atomic E-state index is 0.232. The second kappa shape index (κ2) is 8.10. The molecule has 0 radical (unpaired) electrons. The summed E-state index contributed by atoms with van der Waals surface area (Å²) in [5.41, 5.74) is 2.95. The predicted octanol–water partition coefficient (Wildman–Crippen LogP) is 5.53. The number of aromatic nitrogens is 1. The number of nitrogens with zero attached hydrogens (tertiary/aromatic N) is 3. The minimum Gasteiger partial charge on any atom is -0.254 e. The molecule has 0 aliphatic heterocycles. The van der Waals surface area contributed by atoms with Crippen LogP contribution < -0.4 is 4.80 Å². The largest absolute Gasteiger partial charge is 0.254 e. The first kappa shape index (κ1) is 17.4. The first-order valence-corrected chi connectivity index (χ1v) is 10.7. The summed E-state index contributed by atoms with van der Waals surface area (Å²) < 4.78 is 15.2. The monoisotopic (exact) mass is 385 g/mol. The highest BCUT2D eigenvalue weighted by atomic mass is 32.1. The molecule has 134 valence electrons. The van der Waals surface area contributed by atoms with E-state index in [1.54, 1.807) is 34.8 Å². The quantitative estimate of drug-likeness (QED) is 0.528. The van der Waals surface area contributed by atoms with Crippen LogP contribution in [-0.4, -0.2) is 16.9 Å². The average molecular weight is 386 g/mol. The lowest BCUT2D eigenvalue weighted by molar-refractivity contribution is 0.435. The van der Waals surface area contributed by atoms with Gasteiger partial charge in [0.05, 0.1) is 18.0 Å². The zero-order chi connectivity index (χ0) is 17.8. The van der Waals surface area contributed by atoms with E-state index in [1.165, 1.54) is 31.4 Å². The Morgan fingerprint density at radius 2 is 1.85 bits per heavy atom.